The van der Waals surface area contributed by atoms with Crippen LogP contribution < -0.4 is 0 Å². The summed E-state index contributed by atoms with van der Waals surface area (Å²) in [5.41, 5.74) is 11.3. The molecule has 0 aliphatic heterocycles. The fraction of sp³-hybridized carbons (Fsp3) is 0. The van der Waals surface area contributed by atoms with E-state index in [2.05, 4.69) is 150 Å². The van der Waals surface area contributed by atoms with Gasteiger partial charge < -0.3 is 13.4 Å². The molecule has 15 rings (SSSR count). The number of thiophene rings is 1. The predicted octanol–water partition coefficient (Wildman–Crippen LogP) is 17.0. The van der Waals surface area contributed by atoms with Crippen LogP contribution in [0.3, 0.4) is 0 Å². The quantitative estimate of drug-likeness (QED) is 0.172. The maximum Gasteiger partial charge on any atom is 0.164 e. The van der Waals surface area contributed by atoms with Gasteiger partial charge in [0.15, 0.2) is 17.5 Å². The van der Waals surface area contributed by atoms with Gasteiger partial charge in [-0.1, -0.05) is 133 Å². The summed E-state index contributed by atoms with van der Waals surface area (Å²) in [6.45, 7) is 0. The van der Waals surface area contributed by atoms with Gasteiger partial charge in [-0.3, -0.25) is 0 Å². The van der Waals surface area contributed by atoms with Crippen molar-refractivity contribution in [1.82, 2.24) is 19.5 Å². The smallest absolute Gasteiger partial charge is 0.164 e. The van der Waals surface area contributed by atoms with Gasteiger partial charge >= 0.3 is 0 Å². The van der Waals surface area contributed by atoms with E-state index in [0.717, 1.165) is 88.4 Å². The van der Waals surface area contributed by atoms with Gasteiger partial charge in [-0.25, -0.2) is 15.0 Å². The van der Waals surface area contributed by atoms with Crippen LogP contribution in [0.4, 0.5) is 0 Å². The first-order valence-corrected chi connectivity index (χ1v) is 23.6. The highest BCUT2D eigenvalue weighted by atomic mass is 32.1. The van der Waals surface area contributed by atoms with Gasteiger partial charge in [0.25, 0.3) is 0 Å². The molecule has 0 N–H and O–H groups in total. The van der Waals surface area contributed by atoms with Crippen LogP contribution in [0.5, 0.6) is 0 Å². The monoisotopic (exact) mass is 886 g/mol. The topological polar surface area (TPSA) is 69.9 Å². The summed E-state index contributed by atoms with van der Waals surface area (Å²) in [5, 5.41) is 11.3. The largest absolute Gasteiger partial charge is 0.456 e. The number of hydrogen-bond acceptors (Lipinski definition) is 6. The molecule has 0 atom stereocenters. The molecule has 0 amide bonds. The van der Waals surface area contributed by atoms with Crippen LogP contribution in [0, 0.1) is 0 Å². The lowest BCUT2D eigenvalue weighted by Gasteiger charge is -2.17. The first-order chi connectivity index (χ1) is 33.7. The van der Waals surface area contributed by atoms with Crippen molar-refractivity contribution in [2.45, 2.75) is 0 Å². The number of para-hydroxylation sites is 3. The van der Waals surface area contributed by atoms with Crippen molar-refractivity contribution in [2.75, 3.05) is 0 Å². The van der Waals surface area contributed by atoms with E-state index >= 15 is 0 Å². The molecular weight excluding hydrogens is 853 g/mol. The van der Waals surface area contributed by atoms with Gasteiger partial charge in [-0.05, 0) is 89.1 Å². The molecule has 15 aromatic rings. The van der Waals surface area contributed by atoms with Crippen LogP contribution in [-0.4, -0.2) is 19.5 Å². The number of hydrogen-bond donors (Lipinski definition) is 0. The molecule has 0 spiro atoms. The summed E-state index contributed by atoms with van der Waals surface area (Å²) >= 11 is 1.83. The van der Waals surface area contributed by atoms with Crippen LogP contribution in [0.1, 0.15) is 0 Å². The third-order valence-corrected chi connectivity index (χ3v) is 14.8. The number of fused-ring (bicyclic) bond motifs is 13. The molecule has 0 unspecified atom stereocenters. The summed E-state index contributed by atoms with van der Waals surface area (Å²) in [6.07, 6.45) is 0. The Morgan fingerprint density at radius 2 is 0.897 bits per heavy atom. The third kappa shape index (κ3) is 5.54. The van der Waals surface area contributed by atoms with Crippen LogP contribution in [0.15, 0.2) is 215 Å². The molecular formula is C61H34N4O2S. The highest BCUT2D eigenvalue weighted by molar-refractivity contribution is 7.25. The molecule has 0 aliphatic rings. The lowest BCUT2D eigenvalue weighted by Crippen LogP contribution is -2.02. The second-order valence-corrected chi connectivity index (χ2v) is 18.6. The number of nitrogens with zero attached hydrogens (tertiary/aromatic N) is 4. The summed E-state index contributed by atoms with van der Waals surface area (Å²) < 4.78 is 17.7. The van der Waals surface area contributed by atoms with Gasteiger partial charge in [0.1, 0.15) is 22.3 Å². The minimum atomic E-state index is 0.554. The van der Waals surface area contributed by atoms with E-state index in [1.807, 2.05) is 72.0 Å². The molecule has 5 heterocycles. The average Bonchev–Trinajstić information content (AvgIpc) is 4.16. The van der Waals surface area contributed by atoms with Crippen molar-refractivity contribution in [2.24, 2.45) is 0 Å². The Kier molecular flexibility index (Phi) is 7.85. The van der Waals surface area contributed by atoms with E-state index in [1.165, 1.54) is 41.7 Å². The normalized spacial score (nSPS) is 12.1. The molecule has 0 aliphatic carbocycles. The lowest BCUT2D eigenvalue weighted by atomic mass is 9.98. The molecule has 0 fully saturated rings. The molecule has 68 heavy (non-hydrogen) atoms. The summed E-state index contributed by atoms with van der Waals surface area (Å²) in [7, 11) is 0. The SMILES string of the molecule is c1ccc2cc3c(cc2c1)c1ccccc1n3-c1ccc(-c2nc(-c3cccc4oc5ccccc5c34)nc(-c3cccc4oc5ccccc5c34)n2)cc1-c1ccc2c(c1)sc1ccccc12. The molecule has 316 valence electrons. The van der Waals surface area contributed by atoms with E-state index in [9.17, 15) is 0 Å². The summed E-state index contributed by atoms with van der Waals surface area (Å²) in [5.74, 6) is 1.67. The molecule has 0 saturated carbocycles. The standard InChI is InChI=1S/C61H34N4O2S/c1-2-14-36-33-50-47(31-35(36)13-1)39-15-3-7-21-48(39)65(50)49-30-28-38(32-46(49)37-27-29-41-40-16-6-10-26-55(40)68-56(41)34-37)59-62-60(44-19-11-24-53-57(44)42-17-4-8-22-51(42)66-53)64-61(63-59)45-20-12-25-54-58(45)43-18-5-9-23-52(43)67-54/h1-34H. The average molecular weight is 887 g/mol. The Balaban J connectivity index is 1.02. The zero-order valence-electron chi connectivity index (χ0n) is 36.1. The minimum Gasteiger partial charge on any atom is -0.456 e. The summed E-state index contributed by atoms with van der Waals surface area (Å²) in [6, 6.07) is 72.8. The van der Waals surface area contributed by atoms with E-state index < -0.39 is 0 Å². The van der Waals surface area contributed by atoms with Gasteiger partial charge in [-0.2, -0.15) is 0 Å². The summed E-state index contributed by atoms with van der Waals surface area (Å²) in [4.78, 5) is 16.2. The van der Waals surface area contributed by atoms with Crippen LogP contribution in [0.25, 0.3) is 148 Å². The lowest BCUT2D eigenvalue weighted by molar-refractivity contribution is 0.668. The van der Waals surface area contributed by atoms with Crippen molar-refractivity contribution in [1.29, 1.82) is 0 Å². The second-order valence-electron chi connectivity index (χ2n) is 17.5. The van der Waals surface area contributed by atoms with Gasteiger partial charge in [0.05, 0.1) is 16.7 Å². The number of aromatic nitrogens is 4. The number of benzene rings is 10. The van der Waals surface area contributed by atoms with E-state index in [1.54, 1.807) is 0 Å². The van der Waals surface area contributed by atoms with E-state index in [-0.39, 0.29) is 0 Å². The second kappa shape index (κ2) is 14.3. The molecule has 0 radical (unpaired) electrons. The molecule has 0 saturated heterocycles. The van der Waals surface area contributed by atoms with Crippen LogP contribution >= 0.6 is 11.3 Å². The zero-order chi connectivity index (χ0) is 44.5. The fourth-order valence-corrected chi connectivity index (χ4v) is 11.7. The minimum absolute atomic E-state index is 0.554. The Bertz CT molecular complexity index is 4460. The highest BCUT2D eigenvalue weighted by Crippen LogP contribution is 2.44. The third-order valence-electron chi connectivity index (χ3n) is 13.6. The molecule has 7 heteroatoms. The Morgan fingerprint density at radius 3 is 1.62 bits per heavy atom. The van der Waals surface area contributed by atoms with E-state index in [4.69, 9.17) is 23.8 Å². The first kappa shape index (κ1) is 37.3. The van der Waals surface area contributed by atoms with Crippen molar-refractivity contribution >= 4 is 108 Å². The predicted molar refractivity (Wildman–Crippen MR) is 281 cm³/mol. The van der Waals surface area contributed by atoms with Crippen LogP contribution in [0.2, 0.25) is 0 Å². The van der Waals surface area contributed by atoms with Gasteiger partial charge in [0.2, 0.25) is 0 Å². The maximum atomic E-state index is 6.40. The highest BCUT2D eigenvalue weighted by Gasteiger charge is 2.23. The van der Waals surface area contributed by atoms with Gasteiger partial charge in [-0.15, -0.1) is 11.3 Å². The Hall–Kier alpha value is -8.91. The maximum absolute atomic E-state index is 6.40. The van der Waals surface area contributed by atoms with Crippen molar-refractivity contribution < 1.29 is 8.83 Å². The number of furan rings is 2. The van der Waals surface area contributed by atoms with Crippen molar-refractivity contribution in [3.05, 3.63) is 206 Å². The zero-order valence-corrected chi connectivity index (χ0v) is 37.0. The van der Waals surface area contributed by atoms with Crippen molar-refractivity contribution in [3.63, 3.8) is 0 Å². The van der Waals surface area contributed by atoms with Gasteiger partial charge in [0, 0.05) is 74.7 Å². The molecule has 10 aromatic carbocycles. The van der Waals surface area contributed by atoms with Crippen molar-refractivity contribution in [3.8, 4) is 51.0 Å². The fourth-order valence-electron chi connectivity index (χ4n) is 10.6. The molecule has 6 nitrogen and oxygen atoms in total. The van der Waals surface area contributed by atoms with Crippen LogP contribution in [-0.2, 0) is 0 Å². The van der Waals surface area contributed by atoms with E-state index in [0.29, 0.717) is 17.5 Å². The Labute approximate surface area is 391 Å². The molecule has 0 bridgehead atoms. The number of rotatable bonds is 5. The Morgan fingerprint density at radius 1 is 0.338 bits per heavy atom. The molecule has 5 aromatic heterocycles. The first-order valence-electron chi connectivity index (χ1n) is 22.7.